The van der Waals surface area contributed by atoms with E-state index < -0.39 is 0 Å². The standard InChI is InChI=1S/C27H32N4/c1-14-12-28-24(16(14)3)10-26-18(5)22(20(7)30-26)9-23-19(6)27(31-21(23)8)11-25-17(4)15(2)13-29-25/h10-13,30-31H,9H2,1-8H3/b24-10-,25-11-. The Bertz CT molecular complexity index is 1160. The van der Waals surface area contributed by atoms with E-state index in [1.54, 1.807) is 0 Å². The molecule has 31 heavy (non-hydrogen) atoms. The number of aliphatic imine (C=N–C) groups is 2. The monoisotopic (exact) mass is 412 g/mol. The highest BCUT2D eigenvalue weighted by Crippen LogP contribution is 2.31. The molecule has 160 valence electrons. The Morgan fingerprint density at radius 2 is 1.03 bits per heavy atom. The van der Waals surface area contributed by atoms with E-state index in [4.69, 9.17) is 0 Å². The molecule has 0 saturated heterocycles. The van der Waals surface area contributed by atoms with Crippen molar-refractivity contribution in [3.63, 3.8) is 0 Å². The zero-order chi connectivity index (χ0) is 22.4. The van der Waals surface area contributed by atoms with Crippen molar-refractivity contribution in [2.75, 3.05) is 0 Å². The van der Waals surface area contributed by atoms with Gasteiger partial charge in [-0.2, -0.15) is 0 Å². The summed E-state index contributed by atoms with van der Waals surface area (Å²) in [6.45, 7) is 17.2. The highest BCUT2D eigenvalue weighted by atomic mass is 14.8. The van der Waals surface area contributed by atoms with E-state index >= 15 is 0 Å². The molecule has 0 aromatic carbocycles. The lowest BCUT2D eigenvalue weighted by atomic mass is 9.97. The molecule has 0 unspecified atom stereocenters. The molecule has 0 radical (unpaired) electrons. The summed E-state index contributed by atoms with van der Waals surface area (Å²) in [6.07, 6.45) is 9.15. The molecule has 0 fully saturated rings. The van der Waals surface area contributed by atoms with Crippen LogP contribution < -0.4 is 0 Å². The van der Waals surface area contributed by atoms with Gasteiger partial charge in [-0.25, -0.2) is 0 Å². The Labute approximate surface area is 185 Å². The van der Waals surface area contributed by atoms with Gasteiger partial charge in [0.2, 0.25) is 0 Å². The summed E-state index contributed by atoms with van der Waals surface area (Å²) in [7, 11) is 0. The number of nitrogens with one attached hydrogen (secondary N) is 2. The van der Waals surface area contributed by atoms with Crippen molar-refractivity contribution in [1.29, 1.82) is 0 Å². The predicted octanol–water partition coefficient (Wildman–Crippen LogP) is 6.69. The van der Waals surface area contributed by atoms with Crippen molar-refractivity contribution in [2.24, 2.45) is 9.98 Å². The number of rotatable bonds is 4. The van der Waals surface area contributed by atoms with E-state index in [2.05, 4.69) is 87.5 Å². The van der Waals surface area contributed by atoms with Crippen LogP contribution in [0.15, 0.2) is 43.7 Å². The second-order valence-electron chi connectivity index (χ2n) is 8.90. The van der Waals surface area contributed by atoms with Gasteiger partial charge < -0.3 is 9.97 Å². The minimum atomic E-state index is 0.906. The van der Waals surface area contributed by atoms with Crippen molar-refractivity contribution in [3.8, 4) is 0 Å². The van der Waals surface area contributed by atoms with Crippen LogP contribution in [0.1, 0.15) is 72.7 Å². The van der Waals surface area contributed by atoms with Gasteiger partial charge in [0.1, 0.15) is 0 Å². The summed E-state index contributed by atoms with van der Waals surface area (Å²) in [5.74, 6) is 0. The Kier molecular flexibility index (Phi) is 5.34. The first-order valence-electron chi connectivity index (χ1n) is 10.9. The van der Waals surface area contributed by atoms with Gasteiger partial charge in [0.05, 0.1) is 11.4 Å². The third kappa shape index (κ3) is 3.71. The van der Waals surface area contributed by atoms with Crippen molar-refractivity contribution < 1.29 is 0 Å². The number of aryl methyl sites for hydroxylation is 2. The van der Waals surface area contributed by atoms with E-state index in [1.165, 1.54) is 55.9 Å². The van der Waals surface area contributed by atoms with Crippen LogP contribution in [0.3, 0.4) is 0 Å². The third-order valence-corrected chi connectivity index (χ3v) is 6.92. The van der Waals surface area contributed by atoms with E-state index in [0.29, 0.717) is 0 Å². The second kappa shape index (κ2) is 7.84. The van der Waals surface area contributed by atoms with Crippen molar-refractivity contribution in [2.45, 2.75) is 61.8 Å². The molecular weight excluding hydrogens is 380 g/mol. The number of aromatic nitrogens is 2. The van der Waals surface area contributed by atoms with Crippen LogP contribution in [0.2, 0.25) is 0 Å². The lowest BCUT2D eigenvalue weighted by Gasteiger charge is -2.05. The lowest BCUT2D eigenvalue weighted by molar-refractivity contribution is 1.09. The molecule has 4 heterocycles. The number of nitrogens with zero attached hydrogens (tertiary/aromatic N) is 2. The van der Waals surface area contributed by atoms with Gasteiger partial charge in [-0.15, -0.1) is 0 Å². The lowest BCUT2D eigenvalue weighted by Crippen LogP contribution is -1.94. The summed E-state index contributed by atoms with van der Waals surface area (Å²) in [4.78, 5) is 16.3. The second-order valence-corrected chi connectivity index (χ2v) is 8.90. The molecule has 2 aliphatic heterocycles. The van der Waals surface area contributed by atoms with Crippen LogP contribution in [0.25, 0.3) is 12.2 Å². The van der Waals surface area contributed by atoms with Gasteiger partial charge in [-0.1, -0.05) is 0 Å². The van der Waals surface area contributed by atoms with Gasteiger partial charge in [0, 0.05) is 41.6 Å². The smallest absolute Gasteiger partial charge is 0.0682 e. The molecule has 4 nitrogen and oxygen atoms in total. The van der Waals surface area contributed by atoms with Crippen LogP contribution >= 0.6 is 0 Å². The summed E-state index contributed by atoms with van der Waals surface area (Å²) in [6, 6.07) is 0. The normalized spacial score (nSPS) is 18.7. The summed E-state index contributed by atoms with van der Waals surface area (Å²) < 4.78 is 0. The first-order valence-corrected chi connectivity index (χ1v) is 10.9. The molecule has 2 aliphatic rings. The quantitative estimate of drug-likeness (QED) is 0.562. The zero-order valence-corrected chi connectivity index (χ0v) is 19.9. The molecule has 4 rings (SSSR count). The fourth-order valence-corrected chi connectivity index (χ4v) is 4.31. The van der Waals surface area contributed by atoms with Gasteiger partial charge >= 0.3 is 0 Å². The summed E-state index contributed by atoms with van der Waals surface area (Å²) in [5.41, 5.74) is 17.1. The zero-order valence-electron chi connectivity index (χ0n) is 19.9. The van der Waals surface area contributed by atoms with Crippen LogP contribution in [0, 0.1) is 27.7 Å². The van der Waals surface area contributed by atoms with Crippen LogP contribution in [-0.4, -0.2) is 22.4 Å². The number of hydrogen-bond acceptors (Lipinski definition) is 2. The summed E-state index contributed by atoms with van der Waals surface area (Å²) in [5, 5.41) is 0. The number of hydrogen-bond donors (Lipinski definition) is 2. The maximum atomic E-state index is 4.56. The largest absolute Gasteiger partial charge is 0.359 e. The van der Waals surface area contributed by atoms with Crippen LogP contribution in [-0.2, 0) is 6.42 Å². The number of allylic oxidation sites excluding steroid dienone is 4. The average molecular weight is 413 g/mol. The number of aromatic amines is 2. The first kappa shape index (κ1) is 21.1. The van der Waals surface area contributed by atoms with E-state index in [9.17, 15) is 0 Å². The highest BCUT2D eigenvalue weighted by molar-refractivity contribution is 5.88. The van der Waals surface area contributed by atoms with E-state index in [-0.39, 0.29) is 0 Å². The van der Waals surface area contributed by atoms with Crippen LogP contribution in [0.5, 0.6) is 0 Å². The Hall–Kier alpha value is -3.14. The van der Waals surface area contributed by atoms with E-state index in [1.807, 2.05) is 12.4 Å². The molecule has 0 bridgehead atoms. The topological polar surface area (TPSA) is 56.3 Å². The fourth-order valence-electron chi connectivity index (χ4n) is 4.31. The molecule has 0 aliphatic carbocycles. The van der Waals surface area contributed by atoms with Crippen LogP contribution in [0.4, 0.5) is 0 Å². The summed E-state index contributed by atoms with van der Waals surface area (Å²) >= 11 is 0. The van der Waals surface area contributed by atoms with Gasteiger partial charge in [-0.3, -0.25) is 9.98 Å². The van der Waals surface area contributed by atoms with Gasteiger partial charge in [0.15, 0.2) is 0 Å². The predicted molar refractivity (Wildman–Crippen MR) is 133 cm³/mol. The first-order chi connectivity index (χ1) is 14.7. The van der Waals surface area contributed by atoms with Gasteiger partial charge in [0.25, 0.3) is 0 Å². The molecule has 2 N–H and O–H groups in total. The minimum absolute atomic E-state index is 0.906. The maximum absolute atomic E-state index is 4.56. The minimum Gasteiger partial charge on any atom is -0.359 e. The molecule has 0 atom stereocenters. The molecule has 0 spiro atoms. The number of H-pyrrole nitrogens is 2. The van der Waals surface area contributed by atoms with Crippen molar-refractivity contribution >= 4 is 24.6 Å². The molecular formula is C27H32N4. The molecule has 0 amide bonds. The Morgan fingerprint density at radius 3 is 1.35 bits per heavy atom. The molecule has 2 aromatic heterocycles. The molecule has 4 heteroatoms. The van der Waals surface area contributed by atoms with Gasteiger partial charge in [-0.05, 0) is 112 Å². The fraction of sp³-hybridized carbons (Fsp3) is 0.333. The van der Waals surface area contributed by atoms with Crippen molar-refractivity contribution in [1.82, 2.24) is 9.97 Å². The van der Waals surface area contributed by atoms with Crippen molar-refractivity contribution in [3.05, 3.63) is 78.7 Å². The SMILES string of the molecule is CC1=C(C)/C(=C/c2[nH]c(C)c(Cc3c(C)[nH]c(/C=C4\N=CC(C)=C4C)c3C)c2C)N=C1. The third-order valence-electron chi connectivity index (χ3n) is 6.92. The Morgan fingerprint density at radius 1 is 0.645 bits per heavy atom. The van der Waals surface area contributed by atoms with E-state index in [0.717, 1.165) is 29.2 Å². The highest BCUT2D eigenvalue weighted by Gasteiger charge is 2.18. The molecule has 2 aromatic rings. The Balaban J connectivity index is 1.67. The molecule has 0 saturated carbocycles. The maximum Gasteiger partial charge on any atom is 0.0682 e. The average Bonchev–Trinajstić information content (AvgIpc) is 3.38.